The first-order chi connectivity index (χ1) is 17.0. The predicted molar refractivity (Wildman–Crippen MR) is 137 cm³/mol. The summed E-state index contributed by atoms with van der Waals surface area (Å²) in [7, 11) is -3.98. The molecule has 2 fully saturated rings. The minimum atomic E-state index is -4.45. The van der Waals surface area contributed by atoms with Crippen molar-refractivity contribution in [1.82, 2.24) is 9.62 Å². The first-order valence-electron chi connectivity index (χ1n) is 11.4. The van der Waals surface area contributed by atoms with Crippen LogP contribution in [0.2, 0.25) is 0 Å². The number of benzene rings is 2. The number of nitrogens with zero attached hydrogens (tertiary/aromatic N) is 2. The predicted octanol–water partition coefficient (Wildman–Crippen LogP) is 2.28. The molecule has 2 aliphatic rings. The van der Waals surface area contributed by atoms with Crippen LogP contribution in [0.1, 0.15) is 5.56 Å². The number of hydrogen-bond acceptors (Lipinski definition) is 7. The number of anilines is 1. The maximum absolute atomic E-state index is 13.2. The highest BCUT2D eigenvalue weighted by Gasteiger charge is 2.47. The number of nitrogens with one attached hydrogen (secondary N) is 1. The zero-order valence-electron chi connectivity index (χ0n) is 19.9. The lowest BCUT2D eigenvalue weighted by Gasteiger charge is -2.41. The zero-order chi connectivity index (χ0) is 26.1. The lowest BCUT2D eigenvalue weighted by molar-refractivity contribution is -0.137. The van der Waals surface area contributed by atoms with Gasteiger partial charge in [0.15, 0.2) is 0 Å². The van der Waals surface area contributed by atoms with E-state index in [2.05, 4.69) is 4.72 Å². The van der Waals surface area contributed by atoms with E-state index in [0.717, 1.165) is 36.4 Å². The Morgan fingerprint density at radius 3 is 2.21 bits per heavy atom. The number of sulfonamides is 1. The van der Waals surface area contributed by atoms with Gasteiger partial charge in [-0.1, -0.05) is 6.07 Å². The van der Waals surface area contributed by atoms with E-state index in [1.807, 2.05) is 9.80 Å². The number of hydrogen-bond donors (Lipinski definition) is 3. The maximum Gasteiger partial charge on any atom is 0.416 e. The molecule has 2 heterocycles. The molecule has 4 atom stereocenters. The van der Waals surface area contributed by atoms with Gasteiger partial charge in [0.25, 0.3) is 0 Å². The van der Waals surface area contributed by atoms with E-state index < -0.39 is 58.5 Å². The summed E-state index contributed by atoms with van der Waals surface area (Å²) in [5, 5.41) is 20.4. The zero-order valence-corrected chi connectivity index (χ0v) is 22.4. The van der Waals surface area contributed by atoms with Gasteiger partial charge in [0, 0.05) is 38.4 Å². The minimum Gasteiger partial charge on any atom is -0.394 e. The molecule has 0 bridgehead atoms. The van der Waals surface area contributed by atoms with Crippen molar-refractivity contribution in [3.05, 3.63) is 59.9 Å². The smallest absolute Gasteiger partial charge is 0.394 e. The van der Waals surface area contributed by atoms with Crippen molar-refractivity contribution in [2.24, 2.45) is 0 Å². The first-order valence-corrected chi connectivity index (χ1v) is 12.8. The van der Waals surface area contributed by atoms with Gasteiger partial charge in [-0.25, -0.2) is 17.5 Å². The van der Waals surface area contributed by atoms with Crippen LogP contribution in [0.25, 0.3) is 0 Å². The number of rotatable bonds is 7. The van der Waals surface area contributed by atoms with Crippen molar-refractivity contribution in [2.75, 3.05) is 44.2 Å². The van der Waals surface area contributed by atoms with Crippen LogP contribution in [0.5, 0.6) is 0 Å². The molecule has 0 unspecified atom stereocenters. The summed E-state index contributed by atoms with van der Waals surface area (Å²) in [6.07, 6.45) is -7.27. The van der Waals surface area contributed by atoms with Gasteiger partial charge in [0.1, 0.15) is 18.0 Å². The van der Waals surface area contributed by atoms with Crippen LogP contribution >= 0.6 is 24.8 Å². The van der Waals surface area contributed by atoms with Gasteiger partial charge in [0.2, 0.25) is 10.0 Å². The highest BCUT2D eigenvalue weighted by atomic mass is 35.5. The van der Waals surface area contributed by atoms with Gasteiger partial charge in [0.05, 0.1) is 29.2 Å². The fourth-order valence-electron chi connectivity index (χ4n) is 4.64. The average molecular weight is 606 g/mol. The largest absolute Gasteiger partial charge is 0.416 e. The Balaban J connectivity index is 0.00000253. The van der Waals surface area contributed by atoms with Gasteiger partial charge in [-0.2, -0.15) is 13.2 Å². The fourth-order valence-corrected chi connectivity index (χ4v) is 5.69. The Bertz CT molecular complexity index is 1150. The fraction of sp³-hybridized carbons (Fsp3) is 0.478. The summed E-state index contributed by atoms with van der Waals surface area (Å²) >= 11 is 0. The van der Waals surface area contributed by atoms with Crippen molar-refractivity contribution in [3.63, 3.8) is 0 Å². The molecular weight excluding hydrogens is 577 g/mol. The molecule has 2 saturated heterocycles. The summed E-state index contributed by atoms with van der Waals surface area (Å²) < 4.78 is 85.8. The number of alkyl halides is 3. The summed E-state index contributed by atoms with van der Waals surface area (Å²) in [6.45, 7) is 0.834. The molecule has 8 nitrogen and oxygen atoms in total. The molecular formula is C23H29Cl2F4N3O5S. The third-order valence-electron chi connectivity index (χ3n) is 6.51. The highest BCUT2D eigenvalue weighted by Crippen LogP contribution is 2.33. The van der Waals surface area contributed by atoms with Crippen LogP contribution in [-0.4, -0.2) is 87.2 Å². The topological polar surface area (TPSA) is 102 Å². The summed E-state index contributed by atoms with van der Waals surface area (Å²) in [6, 6.07) is 8.73. The van der Waals surface area contributed by atoms with Crippen LogP contribution in [0.15, 0.2) is 53.4 Å². The van der Waals surface area contributed by atoms with Gasteiger partial charge >= 0.3 is 6.18 Å². The van der Waals surface area contributed by atoms with Crippen LogP contribution < -0.4 is 9.62 Å². The average Bonchev–Trinajstić information content (AvgIpc) is 3.18. The van der Waals surface area contributed by atoms with Crippen LogP contribution in [0, 0.1) is 5.82 Å². The molecule has 4 rings (SSSR count). The van der Waals surface area contributed by atoms with Crippen molar-refractivity contribution in [3.8, 4) is 0 Å². The Hall–Kier alpha value is -1.71. The quantitative estimate of drug-likeness (QED) is 0.416. The molecule has 0 spiro atoms. The van der Waals surface area contributed by atoms with E-state index in [1.54, 1.807) is 6.07 Å². The molecule has 0 radical (unpaired) electrons. The molecule has 38 heavy (non-hydrogen) atoms. The Labute approximate surface area is 230 Å². The second kappa shape index (κ2) is 13.1. The molecule has 0 aliphatic carbocycles. The molecule has 2 aromatic rings. The summed E-state index contributed by atoms with van der Waals surface area (Å²) in [5.74, 6) is -0.577. The molecule has 3 N–H and O–H groups in total. The number of aliphatic hydroxyl groups is 2. The van der Waals surface area contributed by atoms with Crippen molar-refractivity contribution in [2.45, 2.75) is 35.4 Å². The number of aliphatic hydroxyl groups excluding tert-OH is 2. The van der Waals surface area contributed by atoms with Crippen LogP contribution in [-0.2, 0) is 20.9 Å². The Morgan fingerprint density at radius 2 is 1.63 bits per heavy atom. The number of halogens is 6. The molecule has 0 saturated carbocycles. The lowest BCUT2D eigenvalue weighted by atomic mass is 10.0. The van der Waals surface area contributed by atoms with E-state index in [0.29, 0.717) is 31.9 Å². The monoisotopic (exact) mass is 605 g/mol. The number of ether oxygens (including phenoxy) is 1. The Kier molecular flexibility index (Phi) is 11.2. The number of piperazine rings is 1. The molecule has 214 valence electrons. The molecule has 2 aromatic carbocycles. The van der Waals surface area contributed by atoms with Crippen molar-refractivity contribution >= 4 is 40.5 Å². The van der Waals surface area contributed by atoms with Crippen LogP contribution in [0.4, 0.5) is 23.2 Å². The summed E-state index contributed by atoms with van der Waals surface area (Å²) in [5.41, 5.74) is -0.300. The van der Waals surface area contributed by atoms with Crippen LogP contribution in [0.3, 0.4) is 0 Å². The van der Waals surface area contributed by atoms with Gasteiger partial charge in [-0.3, -0.25) is 4.90 Å². The summed E-state index contributed by atoms with van der Waals surface area (Å²) in [4.78, 5) is 3.57. The van der Waals surface area contributed by atoms with E-state index in [9.17, 15) is 36.2 Å². The Morgan fingerprint density at radius 1 is 1.00 bits per heavy atom. The minimum absolute atomic E-state index is 0. The van der Waals surface area contributed by atoms with Gasteiger partial charge in [-0.15, -0.1) is 24.8 Å². The van der Waals surface area contributed by atoms with E-state index in [1.165, 1.54) is 6.07 Å². The molecule has 2 aliphatic heterocycles. The van der Waals surface area contributed by atoms with Crippen molar-refractivity contribution < 1.29 is 40.9 Å². The third kappa shape index (κ3) is 7.27. The third-order valence-corrected chi connectivity index (χ3v) is 7.95. The SMILES string of the molecule is Cl.Cl.O=S(=O)(NC[C@H]1O[C@@H](CO)[C@@H](O)[C@H]1N1CCN(c2cccc(C(F)(F)F)c2)CC1)c1ccc(F)cc1. The second-order valence-electron chi connectivity index (χ2n) is 8.75. The first kappa shape index (κ1) is 32.5. The van der Waals surface area contributed by atoms with Gasteiger partial charge < -0.3 is 19.8 Å². The normalized spacial score (nSPS) is 24.5. The van der Waals surface area contributed by atoms with Gasteiger partial charge in [-0.05, 0) is 42.5 Å². The molecule has 15 heteroatoms. The lowest BCUT2D eigenvalue weighted by Crippen LogP contribution is -2.57. The van der Waals surface area contributed by atoms with Crippen molar-refractivity contribution in [1.29, 1.82) is 0 Å². The highest BCUT2D eigenvalue weighted by molar-refractivity contribution is 7.89. The molecule has 0 aromatic heterocycles. The standard InChI is InChI=1S/C23H27F4N3O5S.2ClH/c24-16-4-6-18(7-5-16)36(33,34)28-13-19-21(22(32)20(14-31)35-19)30-10-8-29(9-11-30)17-3-1-2-15(12-17)23(25,26)27;;/h1-7,12,19-22,28,31-32H,8-11,13-14H2;2*1H/t19-,20+,21+,22-;;/m1../s1. The molecule has 0 amide bonds. The van der Waals surface area contributed by atoms with E-state index in [-0.39, 0.29) is 36.3 Å². The maximum atomic E-state index is 13.2. The van der Waals surface area contributed by atoms with E-state index in [4.69, 9.17) is 4.74 Å². The van der Waals surface area contributed by atoms with E-state index >= 15 is 0 Å². The second-order valence-corrected chi connectivity index (χ2v) is 10.5.